The SMILES string of the molecule is COc1ncc(-c2nc(C)cs2)cn1. The van der Waals surface area contributed by atoms with E-state index in [0.29, 0.717) is 6.01 Å². The van der Waals surface area contributed by atoms with Gasteiger partial charge in [-0.2, -0.15) is 0 Å². The molecule has 14 heavy (non-hydrogen) atoms. The zero-order chi connectivity index (χ0) is 9.97. The summed E-state index contributed by atoms with van der Waals surface area (Å²) in [6.45, 7) is 1.96. The monoisotopic (exact) mass is 207 g/mol. The second kappa shape index (κ2) is 3.71. The summed E-state index contributed by atoms with van der Waals surface area (Å²) in [4.78, 5) is 12.4. The van der Waals surface area contributed by atoms with Crippen LogP contribution in [0.1, 0.15) is 5.69 Å². The number of thiazole rings is 1. The predicted molar refractivity (Wildman–Crippen MR) is 54.4 cm³/mol. The van der Waals surface area contributed by atoms with E-state index in [2.05, 4.69) is 15.0 Å². The molecule has 0 atom stereocenters. The zero-order valence-electron chi connectivity index (χ0n) is 7.89. The summed E-state index contributed by atoms with van der Waals surface area (Å²) in [5.74, 6) is 0. The second-order valence-electron chi connectivity index (χ2n) is 2.75. The molecule has 4 nitrogen and oxygen atoms in total. The Morgan fingerprint density at radius 2 is 2.00 bits per heavy atom. The Labute approximate surface area is 85.6 Å². The van der Waals surface area contributed by atoms with Gasteiger partial charge < -0.3 is 4.74 Å². The molecule has 2 heterocycles. The van der Waals surface area contributed by atoms with Gasteiger partial charge in [-0.15, -0.1) is 11.3 Å². The normalized spacial score (nSPS) is 10.1. The fourth-order valence-corrected chi connectivity index (χ4v) is 1.79. The van der Waals surface area contributed by atoms with Crippen molar-refractivity contribution in [3.8, 4) is 16.6 Å². The van der Waals surface area contributed by atoms with Gasteiger partial charge in [-0.1, -0.05) is 0 Å². The van der Waals surface area contributed by atoms with Crippen LogP contribution in [0.15, 0.2) is 17.8 Å². The maximum Gasteiger partial charge on any atom is 0.316 e. The van der Waals surface area contributed by atoms with E-state index in [-0.39, 0.29) is 0 Å². The number of ether oxygens (including phenoxy) is 1. The summed E-state index contributed by atoms with van der Waals surface area (Å²) in [6, 6.07) is 0.377. The Morgan fingerprint density at radius 3 is 2.50 bits per heavy atom. The zero-order valence-corrected chi connectivity index (χ0v) is 8.71. The van der Waals surface area contributed by atoms with Gasteiger partial charge in [0, 0.05) is 29.0 Å². The van der Waals surface area contributed by atoms with Crippen LogP contribution in [0.3, 0.4) is 0 Å². The molecule has 2 aromatic heterocycles. The minimum Gasteiger partial charge on any atom is -0.467 e. The molecule has 0 spiro atoms. The van der Waals surface area contributed by atoms with Gasteiger partial charge in [0.15, 0.2) is 0 Å². The molecule has 0 bridgehead atoms. The van der Waals surface area contributed by atoms with Crippen molar-refractivity contribution in [1.82, 2.24) is 15.0 Å². The van der Waals surface area contributed by atoms with E-state index in [0.717, 1.165) is 16.3 Å². The standard InChI is InChI=1S/C9H9N3OS/c1-6-5-14-8(12-6)7-3-10-9(13-2)11-4-7/h3-5H,1-2H3. The van der Waals surface area contributed by atoms with Gasteiger partial charge in [-0.3, -0.25) is 0 Å². The topological polar surface area (TPSA) is 47.9 Å². The quantitative estimate of drug-likeness (QED) is 0.754. The lowest BCUT2D eigenvalue weighted by Crippen LogP contribution is -1.91. The average Bonchev–Trinajstić information content (AvgIpc) is 2.65. The van der Waals surface area contributed by atoms with Crippen LogP contribution in [0.25, 0.3) is 10.6 Å². The van der Waals surface area contributed by atoms with Gasteiger partial charge in [0.05, 0.1) is 7.11 Å². The third-order valence-electron chi connectivity index (χ3n) is 1.68. The van der Waals surface area contributed by atoms with Crippen molar-refractivity contribution >= 4 is 11.3 Å². The van der Waals surface area contributed by atoms with Crippen molar-refractivity contribution in [2.24, 2.45) is 0 Å². The second-order valence-corrected chi connectivity index (χ2v) is 3.61. The van der Waals surface area contributed by atoms with E-state index in [9.17, 15) is 0 Å². The Hall–Kier alpha value is -1.49. The Kier molecular flexibility index (Phi) is 2.41. The third kappa shape index (κ3) is 1.72. The highest BCUT2D eigenvalue weighted by Gasteiger charge is 2.03. The molecule has 0 amide bonds. The van der Waals surface area contributed by atoms with Gasteiger partial charge in [-0.25, -0.2) is 15.0 Å². The molecule has 0 aliphatic carbocycles. The Bertz CT molecular complexity index is 424. The highest BCUT2D eigenvalue weighted by Crippen LogP contribution is 2.22. The van der Waals surface area contributed by atoms with E-state index in [1.54, 1.807) is 30.8 Å². The number of methoxy groups -OCH3 is 1. The summed E-state index contributed by atoms with van der Waals surface area (Å²) >= 11 is 1.58. The Morgan fingerprint density at radius 1 is 1.29 bits per heavy atom. The Balaban J connectivity index is 2.33. The van der Waals surface area contributed by atoms with Gasteiger partial charge in [0.1, 0.15) is 5.01 Å². The van der Waals surface area contributed by atoms with Gasteiger partial charge >= 0.3 is 6.01 Å². The lowest BCUT2D eigenvalue weighted by molar-refractivity contribution is 0.380. The van der Waals surface area contributed by atoms with Crippen LogP contribution in [0, 0.1) is 6.92 Å². The van der Waals surface area contributed by atoms with Crippen molar-refractivity contribution in [1.29, 1.82) is 0 Å². The molecule has 0 saturated carbocycles. The van der Waals surface area contributed by atoms with Crippen molar-refractivity contribution in [3.05, 3.63) is 23.5 Å². The molecular weight excluding hydrogens is 198 g/mol. The van der Waals surface area contributed by atoms with Crippen LogP contribution < -0.4 is 4.74 Å². The largest absolute Gasteiger partial charge is 0.467 e. The smallest absolute Gasteiger partial charge is 0.316 e. The van der Waals surface area contributed by atoms with Crippen LogP contribution >= 0.6 is 11.3 Å². The molecule has 0 radical (unpaired) electrons. The molecule has 2 aromatic rings. The molecule has 0 fully saturated rings. The summed E-state index contributed by atoms with van der Waals surface area (Å²) in [7, 11) is 1.54. The molecule has 0 aromatic carbocycles. The summed E-state index contributed by atoms with van der Waals surface area (Å²) in [5.41, 5.74) is 1.93. The maximum absolute atomic E-state index is 4.87. The van der Waals surface area contributed by atoms with Crippen LogP contribution in [0.5, 0.6) is 6.01 Å². The first-order chi connectivity index (χ1) is 6.79. The molecule has 0 N–H and O–H groups in total. The van der Waals surface area contributed by atoms with Crippen molar-refractivity contribution in [2.75, 3.05) is 7.11 Å². The number of aryl methyl sites for hydroxylation is 1. The molecular formula is C9H9N3OS. The molecule has 0 unspecified atom stereocenters. The van der Waals surface area contributed by atoms with Crippen molar-refractivity contribution in [2.45, 2.75) is 6.92 Å². The number of nitrogens with zero attached hydrogens (tertiary/aromatic N) is 3. The number of hydrogen-bond acceptors (Lipinski definition) is 5. The maximum atomic E-state index is 4.87. The molecule has 2 rings (SSSR count). The summed E-state index contributed by atoms with van der Waals surface area (Å²) < 4.78 is 4.87. The fourth-order valence-electron chi connectivity index (χ4n) is 1.02. The fraction of sp³-hybridized carbons (Fsp3) is 0.222. The van der Waals surface area contributed by atoms with E-state index < -0.39 is 0 Å². The molecule has 72 valence electrons. The average molecular weight is 207 g/mol. The third-order valence-corrected chi connectivity index (χ3v) is 2.69. The van der Waals surface area contributed by atoms with Crippen LogP contribution in [0.4, 0.5) is 0 Å². The van der Waals surface area contributed by atoms with Gasteiger partial charge in [0.25, 0.3) is 0 Å². The summed E-state index contributed by atoms with van der Waals surface area (Å²) in [5, 5.41) is 2.93. The van der Waals surface area contributed by atoms with Crippen molar-refractivity contribution in [3.63, 3.8) is 0 Å². The first-order valence-corrected chi connectivity index (χ1v) is 4.96. The molecule has 0 aliphatic heterocycles. The van der Waals surface area contributed by atoms with E-state index in [1.165, 1.54) is 0 Å². The highest BCUT2D eigenvalue weighted by molar-refractivity contribution is 7.13. The highest BCUT2D eigenvalue weighted by atomic mass is 32.1. The van der Waals surface area contributed by atoms with E-state index in [1.807, 2.05) is 12.3 Å². The minimum atomic E-state index is 0.377. The van der Waals surface area contributed by atoms with Crippen LogP contribution in [-0.4, -0.2) is 22.1 Å². The molecule has 0 aliphatic rings. The van der Waals surface area contributed by atoms with Gasteiger partial charge in [0.2, 0.25) is 0 Å². The van der Waals surface area contributed by atoms with Gasteiger partial charge in [-0.05, 0) is 6.92 Å². The van der Waals surface area contributed by atoms with Crippen molar-refractivity contribution < 1.29 is 4.74 Å². The predicted octanol–water partition coefficient (Wildman–Crippen LogP) is 1.92. The van der Waals surface area contributed by atoms with E-state index in [4.69, 9.17) is 4.74 Å². The lowest BCUT2D eigenvalue weighted by Gasteiger charge is -1.97. The first-order valence-electron chi connectivity index (χ1n) is 4.08. The number of rotatable bonds is 2. The summed E-state index contributed by atoms with van der Waals surface area (Å²) in [6.07, 6.45) is 3.42. The molecule has 0 saturated heterocycles. The van der Waals surface area contributed by atoms with Crippen LogP contribution in [-0.2, 0) is 0 Å². The lowest BCUT2D eigenvalue weighted by atomic mass is 10.4. The van der Waals surface area contributed by atoms with E-state index >= 15 is 0 Å². The van der Waals surface area contributed by atoms with Crippen LogP contribution in [0.2, 0.25) is 0 Å². The number of aromatic nitrogens is 3. The first kappa shape index (κ1) is 9.08. The number of hydrogen-bond donors (Lipinski definition) is 0. The molecule has 5 heteroatoms. The minimum absolute atomic E-state index is 0.377.